The van der Waals surface area contributed by atoms with Crippen LogP contribution in [0.5, 0.6) is 0 Å². The number of carbonyl (C=O) groups excluding carboxylic acids is 2. The number of nitrogens with zero attached hydrogens (tertiary/aromatic N) is 4. The lowest BCUT2D eigenvalue weighted by atomic mass is 9.85. The van der Waals surface area contributed by atoms with Crippen molar-refractivity contribution >= 4 is 23.5 Å². The normalized spacial score (nSPS) is 17.7. The Morgan fingerprint density at radius 1 is 1.08 bits per heavy atom. The number of rotatable bonds is 4. The maximum atomic E-state index is 12.3. The molecule has 3 heterocycles. The Bertz CT molecular complexity index is 763. The quantitative estimate of drug-likeness (QED) is 0.899. The van der Waals surface area contributed by atoms with Crippen molar-refractivity contribution in [2.45, 2.75) is 19.3 Å². The molecule has 0 atom stereocenters. The van der Waals surface area contributed by atoms with Crippen LogP contribution < -0.4 is 10.2 Å². The summed E-state index contributed by atoms with van der Waals surface area (Å²) in [5, 5.41) is 11.1. The zero-order valence-corrected chi connectivity index (χ0v) is 14.4. The standard InChI is InChI=1S/C18H21N5O3/c24-17(13-3-1-4-13)19-15-6-7-16(21-20-15)22-8-10-23(11-9-22)18(25)14-5-2-12-26-14/h2,5-7,12-13H,1,3-4,8-11H2,(H,19,20,24). The average Bonchev–Trinajstić information content (AvgIpc) is 3.15. The van der Waals surface area contributed by atoms with Crippen LogP contribution in [-0.2, 0) is 4.79 Å². The molecule has 2 aromatic rings. The first-order chi connectivity index (χ1) is 12.7. The lowest BCUT2D eigenvalue weighted by molar-refractivity contribution is -0.122. The van der Waals surface area contributed by atoms with Crippen molar-refractivity contribution in [2.24, 2.45) is 5.92 Å². The van der Waals surface area contributed by atoms with Crippen molar-refractivity contribution in [3.63, 3.8) is 0 Å². The number of aromatic nitrogens is 2. The summed E-state index contributed by atoms with van der Waals surface area (Å²) >= 11 is 0. The van der Waals surface area contributed by atoms with Gasteiger partial charge >= 0.3 is 0 Å². The minimum Gasteiger partial charge on any atom is -0.459 e. The van der Waals surface area contributed by atoms with E-state index in [4.69, 9.17) is 4.42 Å². The van der Waals surface area contributed by atoms with Gasteiger partial charge in [0.15, 0.2) is 17.4 Å². The van der Waals surface area contributed by atoms with E-state index in [0.29, 0.717) is 37.8 Å². The van der Waals surface area contributed by atoms with Gasteiger partial charge in [-0.2, -0.15) is 0 Å². The SMILES string of the molecule is O=C(Nc1ccc(N2CCN(C(=O)c3ccco3)CC2)nn1)C1CCC1. The van der Waals surface area contributed by atoms with E-state index < -0.39 is 0 Å². The van der Waals surface area contributed by atoms with Crippen LogP contribution in [0.3, 0.4) is 0 Å². The third-order valence-corrected chi connectivity index (χ3v) is 5.00. The van der Waals surface area contributed by atoms with Gasteiger partial charge in [0.1, 0.15) is 0 Å². The molecule has 2 fully saturated rings. The van der Waals surface area contributed by atoms with Gasteiger partial charge in [0.05, 0.1) is 6.26 Å². The summed E-state index contributed by atoms with van der Waals surface area (Å²) in [5.41, 5.74) is 0. The predicted molar refractivity (Wildman–Crippen MR) is 94.8 cm³/mol. The van der Waals surface area contributed by atoms with Crippen LogP contribution >= 0.6 is 0 Å². The first-order valence-electron chi connectivity index (χ1n) is 8.93. The van der Waals surface area contributed by atoms with Gasteiger partial charge in [-0.3, -0.25) is 9.59 Å². The van der Waals surface area contributed by atoms with Crippen LogP contribution in [-0.4, -0.2) is 53.1 Å². The molecule has 8 heteroatoms. The lowest BCUT2D eigenvalue weighted by Crippen LogP contribution is -2.49. The van der Waals surface area contributed by atoms with E-state index in [9.17, 15) is 9.59 Å². The highest BCUT2D eigenvalue weighted by Gasteiger charge is 2.26. The van der Waals surface area contributed by atoms with Gasteiger partial charge in [-0.05, 0) is 37.1 Å². The number of carbonyl (C=O) groups is 2. The summed E-state index contributed by atoms with van der Waals surface area (Å²) in [6, 6.07) is 7.02. The van der Waals surface area contributed by atoms with E-state index in [1.165, 1.54) is 6.26 Å². The predicted octanol–water partition coefficient (Wildman–Crippen LogP) is 1.77. The second kappa shape index (κ2) is 7.15. The number of furan rings is 1. The van der Waals surface area contributed by atoms with Crippen LogP contribution in [0.15, 0.2) is 34.9 Å². The molecule has 1 N–H and O–H groups in total. The van der Waals surface area contributed by atoms with Crippen LogP contribution in [0.1, 0.15) is 29.8 Å². The largest absolute Gasteiger partial charge is 0.459 e. The summed E-state index contributed by atoms with van der Waals surface area (Å²) in [6.45, 7) is 2.55. The lowest BCUT2D eigenvalue weighted by Gasteiger charge is -2.34. The molecule has 2 aromatic heterocycles. The summed E-state index contributed by atoms with van der Waals surface area (Å²) in [4.78, 5) is 28.1. The molecule has 0 radical (unpaired) electrons. The highest BCUT2D eigenvalue weighted by Crippen LogP contribution is 2.27. The maximum Gasteiger partial charge on any atom is 0.289 e. The minimum absolute atomic E-state index is 0.0309. The monoisotopic (exact) mass is 355 g/mol. The molecule has 0 aromatic carbocycles. The van der Waals surface area contributed by atoms with Crippen molar-refractivity contribution in [3.8, 4) is 0 Å². The first kappa shape index (κ1) is 16.6. The molecule has 136 valence electrons. The fourth-order valence-electron chi connectivity index (χ4n) is 3.15. The van der Waals surface area contributed by atoms with Gasteiger partial charge in [0.25, 0.3) is 5.91 Å². The third kappa shape index (κ3) is 3.40. The molecule has 1 aliphatic carbocycles. The topological polar surface area (TPSA) is 91.6 Å². The number of hydrogen-bond acceptors (Lipinski definition) is 6. The first-order valence-corrected chi connectivity index (χ1v) is 8.93. The summed E-state index contributed by atoms with van der Waals surface area (Å²) in [7, 11) is 0. The van der Waals surface area contributed by atoms with E-state index in [1.54, 1.807) is 23.1 Å². The summed E-state index contributed by atoms with van der Waals surface area (Å²) < 4.78 is 5.17. The number of hydrogen-bond donors (Lipinski definition) is 1. The molecule has 1 saturated carbocycles. The second-order valence-corrected chi connectivity index (χ2v) is 6.65. The number of piperazine rings is 1. The highest BCUT2D eigenvalue weighted by molar-refractivity contribution is 5.92. The van der Waals surface area contributed by atoms with E-state index in [0.717, 1.165) is 25.1 Å². The zero-order chi connectivity index (χ0) is 17.9. The Morgan fingerprint density at radius 3 is 2.46 bits per heavy atom. The Balaban J connectivity index is 1.31. The molecule has 0 bridgehead atoms. The molecule has 0 spiro atoms. The molecule has 26 heavy (non-hydrogen) atoms. The average molecular weight is 355 g/mol. The molecule has 2 aliphatic rings. The molecular formula is C18H21N5O3. The van der Waals surface area contributed by atoms with Crippen molar-refractivity contribution < 1.29 is 14.0 Å². The smallest absolute Gasteiger partial charge is 0.289 e. The second-order valence-electron chi connectivity index (χ2n) is 6.65. The third-order valence-electron chi connectivity index (χ3n) is 5.00. The molecular weight excluding hydrogens is 334 g/mol. The van der Waals surface area contributed by atoms with Crippen molar-refractivity contribution in [3.05, 3.63) is 36.3 Å². The van der Waals surface area contributed by atoms with Gasteiger partial charge in [-0.1, -0.05) is 6.42 Å². The van der Waals surface area contributed by atoms with E-state index in [-0.39, 0.29) is 17.7 Å². The zero-order valence-electron chi connectivity index (χ0n) is 14.4. The number of amides is 2. The Morgan fingerprint density at radius 2 is 1.88 bits per heavy atom. The van der Waals surface area contributed by atoms with Crippen molar-refractivity contribution in [1.82, 2.24) is 15.1 Å². The van der Waals surface area contributed by atoms with Crippen LogP contribution in [0.25, 0.3) is 0 Å². The molecule has 0 unspecified atom stereocenters. The number of anilines is 2. The van der Waals surface area contributed by atoms with Gasteiger partial charge < -0.3 is 19.5 Å². The van der Waals surface area contributed by atoms with Gasteiger partial charge in [-0.15, -0.1) is 10.2 Å². The summed E-state index contributed by atoms with van der Waals surface area (Å²) in [6.07, 6.45) is 4.54. The van der Waals surface area contributed by atoms with E-state index in [2.05, 4.69) is 20.4 Å². The van der Waals surface area contributed by atoms with Crippen molar-refractivity contribution in [1.29, 1.82) is 0 Å². The fourth-order valence-corrected chi connectivity index (χ4v) is 3.15. The van der Waals surface area contributed by atoms with Gasteiger partial charge in [0, 0.05) is 32.1 Å². The Kier molecular flexibility index (Phi) is 4.55. The Hall–Kier alpha value is -2.90. The fraction of sp³-hybridized carbons (Fsp3) is 0.444. The van der Waals surface area contributed by atoms with Crippen LogP contribution in [0, 0.1) is 5.92 Å². The molecule has 2 amide bonds. The van der Waals surface area contributed by atoms with Gasteiger partial charge in [0.2, 0.25) is 5.91 Å². The Labute approximate surface area is 151 Å². The molecule has 4 rings (SSSR count). The van der Waals surface area contributed by atoms with Crippen LogP contribution in [0.4, 0.5) is 11.6 Å². The highest BCUT2D eigenvalue weighted by atomic mass is 16.3. The molecule has 1 aliphatic heterocycles. The minimum atomic E-state index is -0.0882. The van der Waals surface area contributed by atoms with E-state index in [1.807, 2.05) is 6.07 Å². The maximum absolute atomic E-state index is 12.3. The summed E-state index contributed by atoms with van der Waals surface area (Å²) in [5.74, 6) is 1.66. The van der Waals surface area contributed by atoms with Crippen molar-refractivity contribution in [2.75, 3.05) is 36.4 Å². The van der Waals surface area contributed by atoms with E-state index >= 15 is 0 Å². The molecule has 1 saturated heterocycles. The van der Waals surface area contributed by atoms with Crippen LogP contribution in [0.2, 0.25) is 0 Å². The van der Waals surface area contributed by atoms with Gasteiger partial charge in [-0.25, -0.2) is 0 Å². The molecule has 8 nitrogen and oxygen atoms in total. The number of nitrogens with one attached hydrogen (secondary N) is 1.